The molecule has 0 spiro atoms. The van der Waals surface area contributed by atoms with Gasteiger partial charge in [0, 0.05) is 17.3 Å². The van der Waals surface area contributed by atoms with Gasteiger partial charge in [-0.2, -0.15) is 10.4 Å². The fraction of sp³-hybridized carbons (Fsp3) is 0.606. The number of esters is 2. The lowest BCUT2D eigenvalue weighted by Crippen LogP contribution is -2.63. The summed E-state index contributed by atoms with van der Waals surface area (Å²) in [6, 6.07) is 5.88. The maximum Gasteiger partial charge on any atom is 0.352 e. The van der Waals surface area contributed by atoms with Gasteiger partial charge in [0.15, 0.2) is 6.61 Å². The van der Waals surface area contributed by atoms with Crippen LogP contribution in [0.25, 0.3) is 11.8 Å². The van der Waals surface area contributed by atoms with Crippen molar-refractivity contribution >= 4 is 18.0 Å². The average Bonchev–Trinajstić information content (AvgIpc) is 3.67. The van der Waals surface area contributed by atoms with Crippen LogP contribution in [0.2, 0.25) is 0 Å². The van der Waals surface area contributed by atoms with E-state index in [0.717, 1.165) is 54.7 Å². The summed E-state index contributed by atoms with van der Waals surface area (Å²) in [6.07, 6.45) is 10.9. The van der Waals surface area contributed by atoms with Crippen LogP contribution in [-0.4, -0.2) is 50.1 Å². The molecule has 7 rings (SSSR count). The molecule has 4 fully saturated rings. The van der Waals surface area contributed by atoms with Crippen LogP contribution in [0.4, 0.5) is 0 Å². The molecule has 2 aromatic rings. The van der Waals surface area contributed by atoms with Crippen molar-refractivity contribution in [2.75, 3.05) is 6.61 Å². The summed E-state index contributed by atoms with van der Waals surface area (Å²) >= 11 is 0. The summed E-state index contributed by atoms with van der Waals surface area (Å²) in [5.41, 5.74) is 2.99. The maximum atomic E-state index is 13.6. The highest BCUT2D eigenvalue weighted by atomic mass is 16.6. The zero-order valence-corrected chi connectivity index (χ0v) is 24.5. The van der Waals surface area contributed by atoms with E-state index < -0.39 is 29.7 Å². The predicted molar refractivity (Wildman–Crippen MR) is 152 cm³/mol. The molecular formula is C33H38N4O5. The second-order valence-corrected chi connectivity index (χ2v) is 13.7. The molecule has 0 aromatic carbocycles. The molecule has 9 heteroatoms. The molecule has 2 heterocycles. The van der Waals surface area contributed by atoms with Crippen molar-refractivity contribution in [3.8, 4) is 11.8 Å². The van der Waals surface area contributed by atoms with Crippen molar-refractivity contribution in [1.29, 1.82) is 5.26 Å². The third-order valence-electron chi connectivity index (χ3n) is 11.5. The molecule has 0 unspecified atom stereocenters. The number of ether oxygens (including phenoxy) is 2. The molecule has 4 saturated carbocycles. The molecule has 9 nitrogen and oxygen atoms in total. The molecular weight excluding hydrogens is 532 g/mol. The number of nitriles is 1. The summed E-state index contributed by atoms with van der Waals surface area (Å²) in [5, 5.41) is 25.9. The van der Waals surface area contributed by atoms with E-state index in [1.807, 2.05) is 42.9 Å². The van der Waals surface area contributed by atoms with Crippen molar-refractivity contribution in [2.45, 2.75) is 83.8 Å². The van der Waals surface area contributed by atoms with Gasteiger partial charge < -0.3 is 14.6 Å². The number of aryl methyl sites for hydroxylation is 1. The van der Waals surface area contributed by atoms with E-state index in [9.17, 15) is 14.7 Å². The lowest BCUT2D eigenvalue weighted by atomic mass is 9.45. The lowest BCUT2D eigenvalue weighted by Gasteiger charge is -2.60. The van der Waals surface area contributed by atoms with Gasteiger partial charge in [0.1, 0.15) is 6.07 Å². The van der Waals surface area contributed by atoms with Crippen LogP contribution in [0, 0.1) is 52.8 Å². The highest BCUT2D eigenvalue weighted by Gasteiger charge is 2.71. The Morgan fingerprint density at radius 2 is 2.05 bits per heavy atom. The molecule has 0 radical (unpaired) electrons. The first kappa shape index (κ1) is 27.3. The van der Waals surface area contributed by atoms with Crippen LogP contribution in [0.1, 0.15) is 75.7 Å². The Morgan fingerprint density at radius 1 is 1.24 bits per heavy atom. The largest absolute Gasteiger partial charge is 0.447 e. The topological polar surface area (TPSA) is 127 Å². The molecule has 0 bridgehead atoms. The number of aromatic nitrogens is 3. The maximum absolute atomic E-state index is 13.6. The van der Waals surface area contributed by atoms with Gasteiger partial charge in [-0.15, -0.1) is 0 Å². The number of nitrogens with zero attached hydrogens (tertiary/aromatic N) is 4. The molecule has 0 amide bonds. The molecule has 5 aliphatic rings. The standard InChI is InChI=1S/C33H38N4O5/c1-19-14-23(9-12-35-19)37-26-15-22-6-7-24-25-8-10-33(30(40)41-13-11-34,42-29(39)20-4-5-20)32(25,3)17-27(38)28(24)31(22,2)16-21(26)18-36-37/h9,12,14-15,18,20,24-25,27-28,38H,4-8,10,13,16-17H2,1-3H3/t24-,25-,27-,28+,31-,32-,33-/m0/s1. The Morgan fingerprint density at radius 3 is 2.79 bits per heavy atom. The van der Waals surface area contributed by atoms with Gasteiger partial charge in [-0.25, -0.2) is 9.48 Å². The van der Waals surface area contributed by atoms with E-state index in [1.165, 1.54) is 5.57 Å². The number of hydrogen-bond donors (Lipinski definition) is 1. The smallest absolute Gasteiger partial charge is 0.352 e. The number of carbonyl (C=O) groups is 2. The first-order valence-electron chi connectivity index (χ1n) is 15.3. The van der Waals surface area contributed by atoms with Crippen LogP contribution in [0.15, 0.2) is 30.1 Å². The van der Waals surface area contributed by atoms with Gasteiger partial charge in [0.25, 0.3) is 0 Å². The predicted octanol–water partition coefficient (Wildman–Crippen LogP) is 4.49. The third-order valence-corrected chi connectivity index (χ3v) is 11.5. The highest BCUT2D eigenvalue weighted by Crippen LogP contribution is 2.68. The lowest BCUT2D eigenvalue weighted by molar-refractivity contribution is -0.214. The second kappa shape index (κ2) is 9.50. The molecule has 7 atom stereocenters. The van der Waals surface area contributed by atoms with E-state index in [1.54, 1.807) is 6.20 Å². The Balaban J connectivity index is 1.23. The fourth-order valence-electron chi connectivity index (χ4n) is 9.37. The Hall–Kier alpha value is -3.51. The first-order valence-corrected chi connectivity index (χ1v) is 15.3. The Labute approximate surface area is 245 Å². The van der Waals surface area contributed by atoms with Gasteiger partial charge in [-0.1, -0.05) is 19.4 Å². The summed E-state index contributed by atoms with van der Waals surface area (Å²) in [5.74, 6) is -0.938. The average molecular weight is 571 g/mol. The van der Waals surface area contributed by atoms with Crippen LogP contribution in [0.3, 0.4) is 0 Å². The molecule has 2 aromatic heterocycles. The minimum atomic E-state index is -1.49. The zero-order chi connectivity index (χ0) is 29.4. The van der Waals surface area contributed by atoms with Gasteiger partial charge in [0.05, 0.1) is 29.6 Å². The number of hydrogen-bond acceptors (Lipinski definition) is 8. The number of allylic oxidation sites excluding steroid dienone is 1. The van der Waals surface area contributed by atoms with Gasteiger partial charge >= 0.3 is 11.9 Å². The number of aliphatic hydroxyl groups is 1. The summed E-state index contributed by atoms with van der Waals surface area (Å²) in [6.45, 7) is 5.88. The Bertz CT molecular complexity index is 1540. The molecule has 0 saturated heterocycles. The van der Waals surface area contributed by atoms with Crippen molar-refractivity contribution in [3.63, 3.8) is 0 Å². The van der Waals surface area contributed by atoms with Crippen molar-refractivity contribution in [3.05, 3.63) is 47.1 Å². The number of fused-ring (bicyclic) bond motifs is 6. The highest BCUT2D eigenvalue weighted by molar-refractivity contribution is 5.86. The van der Waals surface area contributed by atoms with Gasteiger partial charge in [-0.3, -0.25) is 9.78 Å². The van der Waals surface area contributed by atoms with Crippen LogP contribution in [0.5, 0.6) is 0 Å². The van der Waals surface area contributed by atoms with E-state index in [-0.39, 0.29) is 35.1 Å². The van der Waals surface area contributed by atoms with Crippen LogP contribution < -0.4 is 0 Å². The van der Waals surface area contributed by atoms with Crippen molar-refractivity contribution < 1.29 is 24.2 Å². The SMILES string of the molecule is Cc1cc(-n2ncc3c2C=C2CC[C@@H]4[C@H]([C@@H](O)C[C@@]5(C)[C@H]4CC[C@]5(OC(=O)C4CC4)C(=O)OCC#N)[C@@]2(C)C3)ccn1. The zero-order valence-electron chi connectivity index (χ0n) is 24.5. The number of pyridine rings is 1. The summed E-state index contributed by atoms with van der Waals surface area (Å²) in [7, 11) is 0. The summed E-state index contributed by atoms with van der Waals surface area (Å²) in [4.78, 5) is 31.0. The third kappa shape index (κ3) is 3.83. The number of aliphatic hydroxyl groups excluding tert-OH is 1. The minimum Gasteiger partial charge on any atom is -0.447 e. The van der Waals surface area contributed by atoms with Crippen LogP contribution in [-0.2, 0) is 25.5 Å². The van der Waals surface area contributed by atoms with E-state index in [0.29, 0.717) is 19.3 Å². The molecule has 0 aliphatic heterocycles. The quantitative estimate of drug-likeness (QED) is 0.521. The molecule has 220 valence electrons. The Kier molecular flexibility index (Phi) is 6.18. The monoisotopic (exact) mass is 570 g/mol. The summed E-state index contributed by atoms with van der Waals surface area (Å²) < 4.78 is 13.5. The molecule has 1 N–H and O–H groups in total. The van der Waals surface area contributed by atoms with Crippen LogP contribution >= 0.6 is 0 Å². The minimum absolute atomic E-state index is 0.000284. The molecule has 5 aliphatic carbocycles. The normalized spacial score (nSPS) is 36.4. The number of carbonyl (C=O) groups excluding carboxylic acids is 2. The van der Waals surface area contributed by atoms with E-state index >= 15 is 0 Å². The van der Waals surface area contributed by atoms with E-state index in [2.05, 4.69) is 18.0 Å². The second-order valence-electron chi connectivity index (χ2n) is 13.7. The fourth-order valence-corrected chi connectivity index (χ4v) is 9.37. The number of rotatable bonds is 5. The van der Waals surface area contributed by atoms with Gasteiger partial charge in [0.2, 0.25) is 5.60 Å². The van der Waals surface area contributed by atoms with E-state index in [4.69, 9.17) is 19.8 Å². The molecule has 42 heavy (non-hydrogen) atoms. The van der Waals surface area contributed by atoms with Gasteiger partial charge in [-0.05, 0) is 105 Å². The van der Waals surface area contributed by atoms with Crippen molar-refractivity contribution in [2.24, 2.45) is 34.5 Å². The van der Waals surface area contributed by atoms with Crippen molar-refractivity contribution in [1.82, 2.24) is 14.8 Å². The first-order chi connectivity index (χ1) is 20.1.